The molecule has 20 heavy (non-hydrogen) atoms. The van der Waals surface area contributed by atoms with Gasteiger partial charge < -0.3 is 15.8 Å². The number of halogens is 1. The molecule has 0 bridgehead atoms. The number of nitrogens with one attached hydrogen (secondary N) is 1. The number of carbonyl (C=O) groups is 1. The zero-order valence-electron chi connectivity index (χ0n) is 12.0. The van der Waals surface area contributed by atoms with Crippen LogP contribution in [0.4, 0.5) is 5.00 Å². The largest absolute Gasteiger partial charge is 0.380 e. The predicted molar refractivity (Wildman–Crippen MR) is 86.0 cm³/mol. The van der Waals surface area contributed by atoms with Crippen LogP contribution in [0.5, 0.6) is 0 Å². The van der Waals surface area contributed by atoms with E-state index in [1.54, 1.807) is 18.4 Å². The standard InChI is InChI=1S/C14H22N2O2S.ClH/c1-9-11-5-3-4-6-12(11)19-14(9)16-13(17)7-10(8-15)18-2;/h10H,3-8,15H2,1-2H3,(H,16,17);1H. The number of aryl methyl sites for hydroxylation is 1. The van der Waals surface area contributed by atoms with Crippen LogP contribution in [0, 0.1) is 6.92 Å². The Bertz CT molecular complexity index is 458. The van der Waals surface area contributed by atoms with Crippen molar-refractivity contribution in [3.8, 4) is 0 Å². The van der Waals surface area contributed by atoms with Gasteiger partial charge in [0.25, 0.3) is 0 Å². The third kappa shape index (κ3) is 3.95. The average Bonchev–Trinajstić information content (AvgIpc) is 2.73. The summed E-state index contributed by atoms with van der Waals surface area (Å²) in [6, 6.07) is 0. The summed E-state index contributed by atoms with van der Waals surface area (Å²) in [5, 5.41) is 4.01. The summed E-state index contributed by atoms with van der Waals surface area (Å²) in [4.78, 5) is 13.4. The molecule has 1 atom stereocenters. The van der Waals surface area contributed by atoms with Crippen LogP contribution in [0.1, 0.15) is 35.3 Å². The maximum absolute atomic E-state index is 12.0. The SMILES string of the molecule is COC(CN)CC(=O)Nc1sc2c(c1C)CCCC2.Cl. The lowest BCUT2D eigenvalue weighted by atomic mass is 9.96. The van der Waals surface area contributed by atoms with Crippen LogP contribution in [-0.2, 0) is 22.4 Å². The van der Waals surface area contributed by atoms with Crippen LogP contribution in [0.25, 0.3) is 0 Å². The number of fused-ring (bicyclic) bond motifs is 1. The minimum atomic E-state index is -0.199. The molecule has 1 aliphatic carbocycles. The van der Waals surface area contributed by atoms with E-state index < -0.39 is 0 Å². The van der Waals surface area contributed by atoms with E-state index in [-0.39, 0.29) is 24.4 Å². The topological polar surface area (TPSA) is 64.3 Å². The van der Waals surface area contributed by atoms with Gasteiger partial charge in [0.1, 0.15) is 0 Å². The van der Waals surface area contributed by atoms with Crippen LogP contribution >= 0.6 is 23.7 Å². The quantitative estimate of drug-likeness (QED) is 0.877. The van der Waals surface area contributed by atoms with Gasteiger partial charge in [0.2, 0.25) is 5.91 Å². The Morgan fingerprint density at radius 1 is 1.45 bits per heavy atom. The minimum absolute atomic E-state index is 0. The summed E-state index contributed by atoms with van der Waals surface area (Å²) < 4.78 is 5.14. The fourth-order valence-corrected chi connectivity index (χ4v) is 3.80. The highest BCUT2D eigenvalue weighted by Gasteiger charge is 2.20. The normalized spacial score (nSPS) is 15.2. The number of carbonyl (C=O) groups excluding carboxylic acids is 1. The molecule has 1 unspecified atom stereocenters. The Labute approximate surface area is 130 Å². The van der Waals surface area contributed by atoms with Gasteiger partial charge in [0, 0.05) is 18.5 Å². The lowest BCUT2D eigenvalue weighted by Gasteiger charge is -2.12. The lowest BCUT2D eigenvalue weighted by Crippen LogP contribution is -2.28. The first kappa shape index (κ1) is 17.4. The number of nitrogens with two attached hydrogens (primary N) is 1. The number of anilines is 1. The Balaban J connectivity index is 0.00000200. The fourth-order valence-electron chi connectivity index (χ4n) is 2.49. The van der Waals surface area contributed by atoms with E-state index in [0.29, 0.717) is 13.0 Å². The van der Waals surface area contributed by atoms with Gasteiger partial charge in [-0.1, -0.05) is 0 Å². The van der Waals surface area contributed by atoms with Crippen molar-refractivity contribution in [1.29, 1.82) is 0 Å². The molecule has 3 N–H and O–H groups in total. The number of amides is 1. The maximum atomic E-state index is 12.0. The molecule has 0 aliphatic heterocycles. The van der Waals surface area contributed by atoms with Crippen molar-refractivity contribution in [2.75, 3.05) is 19.0 Å². The van der Waals surface area contributed by atoms with Crippen molar-refractivity contribution in [2.45, 2.75) is 45.1 Å². The molecule has 1 aliphatic rings. The Hall–Kier alpha value is -0.620. The van der Waals surface area contributed by atoms with Gasteiger partial charge in [-0.15, -0.1) is 23.7 Å². The van der Waals surface area contributed by atoms with Crippen molar-refractivity contribution < 1.29 is 9.53 Å². The molecule has 0 saturated carbocycles. The summed E-state index contributed by atoms with van der Waals surface area (Å²) >= 11 is 1.73. The molecule has 0 saturated heterocycles. The lowest BCUT2D eigenvalue weighted by molar-refractivity contribution is -0.118. The zero-order chi connectivity index (χ0) is 13.8. The molecule has 4 nitrogen and oxygen atoms in total. The van der Waals surface area contributed by atoms with Crippen molar-refractivity contribution in [3.63, 3.8) is 0 Å². The first-order valence-electron chi connectivity index (χ1n) is 6.79. The number of thiophene rings is 1. The second kappa shape index (κ2) is 7.98. The molecule has 0 radical (unpaired) electrons. The van der Waals surface area contributed by atoms with Gasteiger partial charge in [0.05, 0.1) is 17.5 Å². The smallest absolute Gasteiger partial charge is 0.227 e. The van der Waals surface area contributed by atoms with E-state index in [0.717, 1.165) is 17.8 Å². The second-order valence-electron chi connectivity index (χ2n) is 5.01. The van der Waals surface area contributed by atoms with E-state index in [2.05, 4.69) is 12.2 Å². The molecule has 2 rings (SSSR count). The highest BCUT2D eigenvalue weighted by atomic mass is 35.5. The maximum Gasteiger partial charge on any atom is 0.227 e. The van der Waals surface area contributed by atoms with Gasteiger partial charge in [0.15, 0.2) is 0 Å². The Kier molecular flexibility index (Phi) is 6.95. The van der Waals surface area contributed by atoms with Gasteiger partial charge in [-0.3, -0.25) is 4.79 Å². The summed E-state index contributed by atoms with van der Waals surface area (Å²) in [6.07, 6.45) is 4.94. The molecule has 6 heteroatoms. The highest BCUT2D eigenvalue weighted by molar-refractivity contribution is 7.16. The zero-order valence-corrected chi connectivity index (χ0v) is 13.7. The molecule has 1 aromatic heterocycles. The van der Waals surface area contributed by atoms with E-state index in [1.807, 2.05) is 0 Å². The number of methoxy groups -OCH3 is 1. The first-order valence-corrected chi connectivity index (χ1v) is 7.61. The number of rotatable bonds is 5. The highest BCUT2D eigenvalue weighted by Crippen LogP contribution is 2.37. The van der Waals surface area contributed by atoms with E-state index >= 15 is 0 Å². The third-order valence-electron chi connectivity index (χ3n) is 3.70. The van der Waals surface area contributed by atoms with E-state index in [4.69, 9.17) is 10.5 Å². The van der Waals surface area contributed by atoms with Crippen LogP contribution in [-0.4, -0.2) is 25.7 Å². The van der Waals surface area contributed by atoms with Gasteiger partial charge in [-0.05, 0) is 43.7 Å². The van der Waals surface area contributed by atoms with Gasteiger partial charge in [-0.25, -0.2) is 0 Å². The molecular weight excluding hydrogens is 296 g/mol. The fraction of sp³-hybridized carbons (Fsp3) is 0.643. The van der Waals surface area contributed by atoms with Crippen molar-refractivity contribution in [1.82, 2.24) is 0 Å². The molecule has 0 aromatic carbocycles. The van der Waals surface area contributed by atoms with Crippen molar-refractivity contribution in [2.24, 2.45) is 5.73 Å². The summed E-state index contributed by atoms with van der Waals surface area (Å²) in [6.45, 7) is 2.47. The second-order valence-corrected chi connectivity index (χ2v) is 6.12. The Morgan fingerprint density at radius 3 is 2.75 bits per heavy atom. The van der Waals surface area contributed by atoms with E-state index in [9.17, 15) is 4.79 Å². The van der Waals surface area contributed by atoms with Crippen molar-refractivity contribution in [3.05, 3.63) is 16.0 Å². The summed E-state index contributed by atoms with van der Waals surface area (Å²) in [5.41, 5.74) is 8.23. The van der Waals surface area contributed by atoms with Crippen LogP contribution in [0.2, 0.25) is 0 Å². The number of hydrogen-bond donors (Lipinski definition) is 2. The summed E-state index contributed by atoms with van der Waals surface area (Å²) in [7, 11) is 1.58. The molecule has 1 heterocycles. The molecule has 1 aromatic rings. The minimum Gasteiger partial charge on any atom is -0.380 e. The number of ether oxygens (including phenoxy) is 1. The van der Waals surface area contributed by atoms with Crippen molar-refractivity contribution >= 4 is 34.7 Å². The first-order chi connectivity index (χ1) is 9.15. The molecule has 0 fully saturated rings. The number of hydrogen-bond acceptors (Lipinski definition) is 4. The molecule has 1 amide bonds. The molecular formula is C14H23ClN2O2S. The van der Waals surface area contributed by atoms with Crippen LogP contribution in [0.3, 0.4) is 0 Å². The molecule has 0 spiro atoms. The third-order valence-corrected chi connectivity index (χ3v) is 5.01. The average molecular weight is 319 g/mol. The van der Waals surface area contributed by atoms with Gasteiger partial charge >= 0.3 is 0 Å². The Morgan fingerprint density at radius 2 is 2.15 bits per heavy atom. The van der Waals surface area contributed by atoms with Crippen LogP contribution < -0.4 is 11.1 Å². The molecule has 114 valence electrons. The van der Waals surface area contributed by atoms with E-state index in [1.165, 1.54) is 28.8 Å². The monoisotopic (exact) mass is 318 g/mol. The van der Waals surface area contributed by atoms with Gasteiger partial charge in [-0.2, -0.15) is 0 Å². The predicted octanol–water partition coefficient (Wildman–Crippen LogP) is 2.66. The van der Waals surface area contributed by atoms with Crippen LogP contribution in [0.15, 0.2) is 0 Å². The summed E-state index contributed by atoms with van der Waals surface area (Å²) in [5.74, 6) is -0.0148.